The number of aromatic nitrogens is 2. The number of fused-ring (bicyclic) bond motifs is 1. The predicted octanol–water partition coefficient (Wildman–Crippen LogP) is 0.831. The van der Waals surface area contributed by atoms with Gasteiger partial charge in [0.15, 0.2) is 0 Å². The van der Waals surface area contributed by atoms with E-state index in [0.29, 0.717) is 12.0 Å². The van der Waals surface area contributed by atoms with Gasteiger partial charge in [0.1, 0.15) is 0 Å². The van der Waals surface area contributed by atoms with Crippen LogP contribution in [0.3, 0.4) is 0 Å². The SMILES string of the molecule is CC(C)NC[C@H]1CCn2ncc(C(=O)N3CCN(C)CC3)c2C1. The molecule has 1 aromatic heterocycles. The molecule has 1 atom stereocenters. The molecule has 2 aliphatic rings. The highest BCUT2D eigenvalue weighted by atomic mass is 16.2. The molecule has 128 valence electrons. The summed E-state index contributed by atoms with van der Waals surface area (Å²) >= 11 is 0. The number of piperazine rings is 1. The fourth-order valence-corrected chi connectivity index (χ4v) is 3.43. The summed E-state index contributed by atoms with van der Waals surface area (Å²) in [5.41, 5.74) is 1.96. The molecule has 0 spiro atoms. The maximum Gasteiger partial charge on any atom is 0.257 e. The Morgan fingerprint density at radius 3 is 2.74 bits per heavy atom. The Morgan fingerprint density at radius 2 is 2.04 bits per heavy atom. The second kappa shape index (κ2) is 7.01. The highest BCUT2D eigenvalue weighted by Gasteiger charge is 2.28. The highest BCUT2D eigenvalue weighted by molar-refractivity contribution is 5.95. The van der Waals surface area contributed by atoms with Crippen molar-refractivity contribution < 1.29 is 4.79 Å². The highest BCUT2D eigenvalue weighted by Crippen LogP contribution is 2.24. The number of nitrogens with zero attached hydrogens (tertiary/aromatic N) is 4. The van der Waals surface area contributed by atoms with Crippen LogP contribution >= 0.6 is 0 Å². The Bertz CT molecular complexity index is 545. The van der Waals surface area contributed by atoms with Crippen molar-refractivity contribution in [1.29, 1.82) is 0 Å². The summed E-state index contributed by atoms with van der Waals surface area (Å²) in [7, 11) is 2.11. The van der Waals surface area contributed by atoms with E-state index in [1.165, 1.54) is 0 Å². The molecule has 6 heteroatoms. The molecule has 2 aliphatic heterocycles. The Hall–Kier alpha value is -1.40. The second-order valence-corrected chi connectivity index (χ2v) is 7.25. The molecule has 1 aromatic rings. The minimum absolute atomic E-state index is 0.164. The molecular formula is C17H29N5O. The molecule has 6 nitrogen and oxygen atoms in total. The summed E-state index contributed by atoms with van der Waals surface area (Å²) in [6.45, 7) is 9.84. The van der Waals surface area contributed by atoms with Crippen molar-refractivity contribution in [3.05, 3.63) is 17.5 Å². The molecule has 0 saturated carbocycles. The average Bonchev–Trinajstić information content (AvgIpc) is 2.96. The summed E-state index contributed by atoms with van der Waals surface area (Å²) in [4.78, 5) is 17.1. The van der Waals surface area contributed by atoms with Crippen LogP contribution in [-0.2, 0) is 13.0 Å². The molecule has 1 fully saturated rings. The van der Waals surface area contributed by atoms with Crippen molar-refractivity contribution in [2.75, 3.05) is 39.8 Å². The predicted molar refractivity (Wildman–Crippen MR) is 90.6 cm³/mol. The lowest BCUT2D eigenvalue weighted by atomic mass is 9.94. The van der Waals surface area contributed by atoms with E-state index in [0.717, 1.165) is 63.4 Å². The average molecular weight is 319 g/mol. The fourth-order valence-electron chi connectivity index (χ4n) is 3.43. The first-order valence-corrected chi connectivity index (χ1v) is 8.80. The number of carbonyl (C=O) groups excluding carboxylic acids is 1. The van der Waals surface area contributed by atoms with Gasteiger partial charge in [-0.2, -0.15) is 5.10 Å². The largest absolute Gasteiger partial charge is 0.336 e. The second-order valence-electron chi connectivity index (χ2n) is 7.25. The minimum Gasteiger partial charge on any atom is -0.336 e. The Kier molecular flexibility index (Phi) is 5.02. The third kappa shape index (κ3) is 3.75. The molecule has 3 rings (SSSR count). The van der Waals surface area contributed by atoms with Gasteiger partial charge in [-0.25, -0.2) is 0 Å². The first-order chi connectivity index (χ1) is 11.0. The van der Waals surface area contributed by atoms with Crippen molar-refractivity contribution in [2.45, 2.75) is 39.3 Å². The van der Waals surface area contributed by atoms with Gasteiger partial charge in [-0.3, -0.25) is 9.48 Å². The molecule has 1 amide bonds. The normalized spacial score (nSPS) is 22.4. The van der Waals surface area contributed by atoms with E-state index in [4.69, 9.17) is 0 Å². The Labute approximate surface area is 138 Å². The van der Waals surface area contributed by atoms with Crippen molar-refractivity contribution >= 4 is 5.91 Å². The van der Waals surface area contributed by atoms with E-state index in [1.54, 1.807) is 6.20 Å². The lowest BCUT2D eigenvalue weighted by Gasteiger charge is -2.33. The van der Waals surface area contributed by atoms with Crippen LogP contribution in [0.5, 0.6) is 0 Å². The van der Waals surface area contributed by atoms with Crippen molar-refractivity contribution in [2.24, 2.45) is 5.92 Å². The first-order valence-electron chi connectivity index (χ1n) is 8.80. The third-order valence-corrected chi connectivity index (χ3v) is 5.02. The van der Waals surface area contributed by atoms with Gasteiger partial charge in [-0.1, -0.05) is 13.8 Å². The summed E-state index contributed by atoms with van der Waals surface area (Å²) in [6.07, 6.45) is 3.87. The van der Waals surface area contributed by atoms with Crippen LogP contribution in [0.25, 0.3) is 0 Å². The van der Waals surface area contributed by atoms with Crippen molar-refractivity contribution in [3.63, 3.8) is 0 Å². The number of nitrogens with one attached hydrogen (secondary N) is 1. The van der Waals surface area contributed by atoms with Crippen LogP contribution in [0.4, 0.5) is 0 Å². The summed E-state index contributed by atoms with van der Waals surface area (Å²) < 4.78 is 2.04. The van der Waals surface area contributed by atoms with Crippen LogP contribution in [0.15, 0.2) is 6.20 Å². The molecule has 0 aromatic carbocycles. The van der Waals surface area contributed by atoms with Crippen LogP contribution < -0.4 is 5.32 Å². The summed E-state index contributed by atoms with van der Waals surface area (Å²) in [6, 6.07) is 0.508. The zero-order chi connectivity index (χ0) is 16.4. The Morgan fingerprint density at radius 1 is 1.30 bits per heavy atom. The number of rotatable bonds is 4. The molecular weight excluding hydrogens is 290 g/mol. The van der Waals surface area contributed by atoms with E-state index in [-0.39, 0.29) is 5.91 Å². The quantitative estimate of drug-likeness (QED) is 0.893. The molecule has 1 saturated heterocycles. The number of aryl methyl sites for hydroxylation is 1. The zero-order valence-corrected chi connectivity index (χ0v) is 14.6. The first kappa shape index (κ1) is 16.5. The zero-order valence-electron chi connectivity index (χ0n) is 14.6. The number of amides is 1. The van der Waals surface area contributed by atoms with Crippen LogP contribution in [0.2, 0.25) is 0 Å². The van der Waals surface area contributed by atoms with Gasteiger partial charge in [0.2, 0.25) is 0 Å². The lowest BCUT2D eigenvalue weighted by molar-refractivity contribution is 0.0662. The van der Waals surface area contributed by atoms with E-state index in [1.807, 2.05) is 9.58 Å². The van der Waals surface area contributed by atoms with Crippen molar-refractivity contribution in [1.82, 2.24) is 24.9 Å². The van der Waals surface area contributed by atoms with E-state index >= 15 is 0 Å². The summed E-state index contributed by atoms with van der Waals surface area (Å²) in [5, 5.41) is 7.98. The third-order valence-electron chi connectivity index (χ3n) is 5.02. The standard InChI is InChI=1S/C17H29N5O/c1-13(2)18-11-14-4-5-22-16(10-14)15(12-19-22)17(23)21-8-6-20(3)7-9-21/h12-14,18H,4-11H2,1-3H3/t14-/m0/s1. The van der Waals surface area contributed by atoms with Gasteiger partial charge in [-0.05, 0) is 32.4 Å². The van der Waals surface area contributed by atoms with Gasteiger partial charge in [0.05, 0.1) is 17.5 Å². The van der Waals surface area contributed by atoms with Crippen LogP contribution in [0.1, 0.15) is 36.3 Å². The molecule has 23 heavy (non-hydrogen) atoms. The lowest BCUT2D eigenvalue weighted by Crippen LogP contribution is -2.47. The maximum absolute atomic E-state index is 12.9. The molecule has 3 heterocycles. The number of carbonyl (C=O) groups is 1. The number of hydrogen-bond donors (Lipinski definition) is 1. The van der Waals surface area contributed by atoms with Gasteiger partial charge in [-0.15, -0.1) is 0 Å². The minimum atomic E-state index is 0.164. The fraction of sp³-hybridized carbons (Fsp3) is 0.765. The maximum atomic E-state index is 12.9. The van der Waals surface area contributed by atoms with Gasteiger partial charge >= 0.3 is 0 Å². The van der Waals surface area contributed by atoms with Crippen LogP contribution in [0, 0.1) is 5.92 Å². The molecule has 1 N–H and O–H groups in total. The molecule has 0 bridgehead atoms. The molecule has 0 aliphatic carbocycles. The monoisotopic (exact) mass is 319 g/mol. The summed E-state index contributed by atoms with van der Waals surface area (Å²) in [5.74, 6) is 0.762. The van der Waals surface area contributed by atoms with E-state index < -0.39 is 0 Å². The van der Waals surface area contributed by atoms with Gasteiger partial charge in [0, 0.05) is 38.8 Å². The Balaban J connectivity index is 1.68. The molecule has 0 radical (unpaired) electrons. The van der Waals surface area contributed by atoms with E-state index in [2.05, 4.69) is 36.2 Å². The van der Waals surface area contributed by atoms with Crippen LogP contribution in [-0.4, -0.2) is 71.3 Å². The van der Waals surface area contributed by atoms with Gasteiger partial charge < -0.3 is 15.1 Å². The van der Waals surface area contributed by atoms with Gasteiger partial charge in [0.25, 0.3) is 5.91 Å². The smallest absolute Gasteiger partial charge is 0.257 e. The van der Waals surface area contributed by atoms with Crippen molar-refractivity contribution in [3.8, 4) is 0 Å². The molecule has 0 unspecified atom stereocenters. The number of likely N-dealkylation sites (N-methyl/N-ethyl adjacent to an activating group) is 1. The topological polar surface area (TPSA) is 53.4 Å². The number of hydrogen-bond acceptors (Lipinski definition) is 4. The van der Waals surface area contributed by atoms with E-state index in [9.17, 15) is 4.79 Å².